The molecule has 3 aromatic carbocycles. The van der Waals surface area contributed by atoms with Crippen molar-refractivity contribution in [1.29, 1.82) is 0 Å². The van der Waals surface area contributed by atoms with E-state index in [1.807, 2.05) is 31.2 Å². The van der Waals surface area contributed by atoms with Crippen LogP contribution in [-0.4, -0.2) is 49.7 Å². The monoisotopic (exact) mass is 518 g/mol. The first-order valence-corrected chi connectivity index (χ1v) is 13.0. The van der Waals surface area contributed by atoms with E-state index in [2.05, 4.69) is 0 Å². The molecule has 0 N–H and O–H groups in total. The lowest BCUT2D eigenvalue weighted by Gasteiger charge is -2.34. The third-order valence-corrected chi connectivity index (χ3v) is 8.07. The second-order valence-corrected chi connectivity index (χ2v) is 10.9. The molecule has 4 rings (SSSR count). The van der Waals surface area contributed by atoms with E-state index in [1.165, 1.54) is 16.4 Å². The number of ether oxygens (including phenoxy) is 1. The first-order valence-electron chi connectivity index (χ1n) is 10.8. The molecule has 0 saturated carbocycles. The molecule has 0 aromatic heterocycles. The first kappa shape index (κ1) is 24.5. The summed E-state index contributed by atoms with van der Waals surface area (Å²) < 4.78 is 33.4. The first-order chi connectivity index (χ1) is 16.2. The Balaban J connectivity index is 1.39. The number of carbonyl (C=O) groups excluding carboxylic acids is 1. The number of hydrogen-bond donors (Lipinski definition) is 0. The van der Waals surface area contributed by atoms with Crippen LogP contribution >= 0.6 is 23.2 Å². The van der Waals surface area contributed by atoms with Crippen molar-refractivity contribution in [2.24, 2.45) is 0 Å². The summed E-state index contributed by atoms with van der Waals surface area (Å²) in [6, 6.07) is 19.1. The minimum Gasteiger partial charge on any atom is -0.487 e. The molecule has 0 unspecified atom stereocenters. The van der Waals surface area contributed by atoms with Gasteiger partial charge >= 0.3 is 0 Å². The van der Waals surface area contributed by atoms with E-state index in [0.717, 1.165) is 11.1 Å². The maximum atomic E-state index is 13.2. The predicted octanol–water partition coefficient (Wildman–Crippen LogP) is 5.03. The van der Waals surface area contributed by atoms with Crippen LogP contribution in [0.1, 0.15) is 21.5 Å². The molecule has 1 heterocycles. The minimum atomic E-state index is -3.76. The quantitative estimate of drug-likeness (QED) is 0.459. The molecule has 3 aromatic rings. The number of benzene rings is 3. The fourth-order valence-electron chi connectivity index (χ4n) is 3.71. The highest BCUT2D eigenvalue weighted by Crippen LogP contribution is 2.30. The second-order valence-electron chi connectivity index (χ2n) is 8.07. The summed E-state index contributed by atoms with van der Waals surface area (Å²) in [6.07, 6.45) is 0. The maximum absolute atomic E-state index is 13.2. The lowest BCUT2D eigenvalue weighted by molar-refractivity contribution is 0.0698. The van der Waals surface area contributed by atoms with Gasteiger partial charge in [-0.3, -0.25) is 4.79 Å². The average Bonchev–Trinajstić information content (AvgIpc) is 2.83. The van der Waals surface area contributed by atoms with Crippen LogP contribution in [0.3, 0.4) is 0 Å². The average molecular weight is 519 g/mol. The maximum Gasteiger partial charge on any atom is 0.253 e. The number of carbonyl (C=O) groups is 1. The van der Waals surface area contributed by atoms with Gasteiger partial charge in [-0.2, -0.15) is 4.31 Å². The van der Waals surface area contributed by atoms with Gasteiger partial charge in [0, 0.05) is 36.8 Å². The summed E-state index contributed by atoms with van der Waals surface area (Å²) in [7, 11) is -3.76. The fourth-order valence-corrected chi connectivity index (χ4v) is 5.67. The molecule has 0 radical (unpaired) electrons. The number of rotatable bonds is 6. The van der Waals surface area contributed by atoms with Crippen LogP contribution in [-0.2, 0) is 16.6 Å². The number of amides is 1. The molecule has 1 fully saturated rings. The standard InChI is InChI=1S/C25H24Cl2N2O4S/c1-18-5-7-20(8-6-18)25(30)28-11-13-29(14-12-28)34(31,32)22-9-10-24(23(27)16-22)33-17-19-3-2-4-21(26)15-19/h2-10,15-16H,11-14,17H2,1H3. The predicted molar refractivity (Wildman–Crippen MR) is 133 cm³/mol. The Morgan fingerprint density at radius 3 is 2.29 bits per heavy atom. The lowest BCUT2D eigenvalue weighted by Crippen LogP contribution is -2.50. The van der Waals surface area contributed by atoms with Gasteiger partial charge in [0.2, 0.25) is 10.0 Å². The van der Waals surface area contributed by atoms with Crippen molar-refractivity contribution in [3.8, 4) is 5.75 Å². The van der Waals surface area contributed by atoms with Crippen LogP contribution in [0.5, 0.6) is 5.75 Å². The molecule has 0 spiro atoms. The van der Waals surface area contributed by atoms with Gasteiger partial charge < -0.3 is 9.64 Å². The summed E-state index contributed by atoms with van der Waals surface area (Å²) in [5.41, 5.74) is 2.55. The highest BCUT2D eigenvalue weighted by atomic mass is 35.5. The fraction of sp³-hybridized carbons (Fsp3) is 0.240. The molecule has 9 heteroatoms. The van der Waals surface area contributed by atoms with E-state index in [4.69, 9.17) is 27.9 Å². The van der Waals surface area contributed by atoms with Crippen LogP contribution in [0.4, 0.5) is 0 Å². The minimum absolute atomic E-state index is 0.0888. The Hall–Kier alpha value is -2.58. The number of aryl methyl sites for hydroxylation is 1. The van der Waals surface area contributed by atoms with Crippen molar-refractivity contribution < 1.29 is 17.9 Å². The summed E-state index contributed by atoms with van der Waals surface area (Å²) in [5.74, 6) is 0.287. The SMILES string of the molecule is Cc1ccc(C(=O)N2CCN(S(=O)(=O)c3ccc(OCc4cccc(Cl)c4)c(Cl)c3)CC2)cc1. The molecule has 1 saturated heterocycles. The smallest absolute Gasteiger partial charge is 0.253 e. The molecule has 1 aliphatic rings. The Bertz CT molecular complexity index is 1290. The zero-order chi connectivity index (χ0) is 24.3. The van der Waals surface area contributed by atoms with Crippen molar-refractivity contribution in [2.75, 3.05) is 26.2 Å². The Morgan fingerprint density at radius 1 is 0.941 bits per heavy atom. The van der Waals surface area contributed by atoms with E-state index < -0.39 is 10.0 Å². The topological polar surface area (TPSA) is 66.9 Å². The van der Waals surface area contributed by atoms with Gasteiger partial charge in [0.25, 0.3) is 5.91 Å². The lowest BCUT2D eigenvalue weighted by atomic mass is 10.1. The summed E-state index contributed by atoms with van der Waals surface area (Å²) >= 11 is 12.3. The normalized spacial score (nSPS) is 14.7. The summed E-state index contributed by atoms with van der Waals surface area (Å²) in [6.45, 7) is 3.28. The van der Waals surface area contributed by atoms with Crippen LogP contribution in [0, 0.1) is 6.92 Å². The Morgan fingerprint density at radius 2 is 1.65 bits per heavy atom. The van der Waals surface area contributed by atoms with Gasteiger partial charge in [0.05, 0.1) is 9.92 Å². The Kier molecular flexibility index (Phi) is 7.48. The van der Waals surface area contributed by atoms with Crippen molar-refractivity contribution in [2.45, 2.75) is 18.4 Å². The highest BCUT2D eigenvalue weighted by Gasteiger charge is 2.31. The van der Waals surface area contributed by atoms with Crippen molar-refractivity contribution in [3.05, 3.63) is 93.5 Å². The molecule has 0 aliphatic carbocycles. The van der Waals surface area contributed by atoms with E-state index >= 15 is 0 Å². The number of nitrogens with zero attached hydrogens (tertiary/aromatic N) is 2. The van der Waals surface area contributed by atoms with E-state index in [1.54, 1.807) is 35.2 Å². The summed E-state index contributed by atoms with van der Waals surface area (Å²) in [4.78, 5) is 14.5. The van der Waals surface area contributed by atoms with Crippen LogP contribution in [0.25, 0.3) is 0 Å². The molecule has 1 amide bonds. The number of sulfonamides is 1. The van der Waals surface area contributed by atoms with E-state index in [9.17, 15) is 13.2 Å². The number of piperazine rings is 1. The van der Waals surface area contributed by atoms with Gasteiger partial charge in [-0.05, 0) is 55.0 Å². The van der Waals surface area contributed by atoms with Crippen LogP contribution in [0.15, 0.2) is 71.6 Å². The van der Waals surface area contributed by atoms with Crippen molar-refractivity contribution >= 4 is 39.1 Å². The molecule has 6 nitrogen and oxygen atoms in total. The molecule has 1 aliphatic heterocycles. The van der Waals surface area contributed by atoms with Crippen LogP contribution in [0.2, 0.25) is 10.0 Å². The van der Waals surface area contributed by atoms with Gasteiger partial charge in [-0.1, -0.05) is 53.0 Å². The molecular weight excluding hydrogens is 495 g/mol. The molecule has 34 heavy (non-hydrogen) atoms. The third-order valence-electron chi connectivity index (χ3n) is 5.65. The van der Waals surface area contributed by atoms with E-state index in [-0.39, 0.29) is 35.5 Å². The Labute approximate surface area is 209 Å². The van der Waals surface area contributed by atoms with Crippen molar-refractivity contribution in [1.82, 2.24) is 9.21 Å². The zero-order valence-electron chi connectivity index (χ0n) is 18.6. The highest BCUT2D eigenvalue weighted by molar-refractivity contribution is 7.89. The molecule has 0 bridgehead atoms. The molecule has 178 valence electrons. The van der Waals surface area contributed by atoms with Gasteiger partial charge in [-0.15, -0.1) is 0 Å². The van der Waals surface area contributed by atoms with Gasteiger partial charge in [-0.25, -0.2) is 8.42 Å². The van der Waals surface area contributed by atoms with E-state index in [0.29, 0.717) is 29.4 Å². The largest absolute Gasteiger partial charge is 0.487 e. The molecule has 0 atom stereocenters. The molecular formula is C25H24Cl2N2O4S. The van der Waals surface area contributed by atoms with Crippen molar-refractivity contribution in [3.63, 3.8) is 0 Å². The zero-order valence-corrected chi connectivity index (χ0v) is 20.9. The number of hydrogen-bond acceptors (Lipinski definition) is 4. The van der Waals surface area contributed by atoms with Gasteiger partial charge in [0.1, 0.15) is 12.4 Å². The third kappa shape index (κ3) is 5.55. The summed E-state index contributed by atoms with van der Waals surface area (Å²) in [5, 5.41) is 0.811. The van der Waals surface area contributed by atoms with Crippen LogP contribution < -0.4 is 4.74 Å². The second kappa shape index (κ2) is 10.4. The number of halogens is 2. The van der Waals surface area contributed by atoms with Gasteiger partial charge in [0.15, 0.2) is 0 Å².